The molecule has 0 saturated carbocycles. The molecule has 8 heteroatoms. The van der Waals surface area contributed by atoms with Crippen LogP contribution < -0.4 is 10.2 Å². The van der Waals surface area contributed by atoms with Crippen LogP contribution in [0.4, 0.5) is 0 Å². The van der Waals surface area contributed by atoms with Gasteiger partial charge in [-0.1, -0.05) is 41.4 Å². The van der Waals surface area contributed by atoms with E-state index in [0.29, 0.717) is 22.9 Å². The summed E-state index contributed by atoms with van der Waals surface area (Å²) >= 11 is 5.90. The third-order valence-electron chi connectivity index (χ3n) is 4.89. The molecule has 4 rings (SSSR count). The number of hydrogen-bond donors (Lipinski definition) is 1. The van der Waals surface area contributed by atoms with Crippen molar-refractivity contribution in [2.24, 2.45) is 5.10 Å². The highest BCUT2D eigenvalue weighted by Gasteiger charge is 2.10. The van der Waals surface area contributed by atoms with Crippen molar-refractivity contribution in [3.05, 3.63) is 118 Å². The zero-order chi connectivity index (χ0) is 23.9. The number of ether oxygens (including phenoxy) is 1. The summed E-state index contributed by atoms with van der Waals surface area (Å²) in [6.07, 6.45) is 3.22. The summed E-state index contributed by atoms with van der Waals surface area (Å²) in [4.78, 5) is 24.5. The first-order valence-corrected chi connectivity index (χ1v) is 10.8. The van der Waals surface area contributed by atoms with E-state index in [2.05, 4.69) is 15.6 Å². The van der Waals surface area contributed by atoms with Gasteiger partial charge in [-0.05, 0) is 72.6 Å². The molecule has 1 amide bonds. The highest BCUT2D eigenvalue weighted by atomic mass is 35.5. The second-order valence-electron chi connectivity index (χ2n) is 7.55. The fourth-order valence-electron chi connectivity index (χ4n) is 3.05. The molecule has 170 valence electrons. The van der Waals surface area contributed by atoms with Gasteiger partial charge < -0.3 is 4.74 Å². The second kappa shape index (κ2) is 10.6. The lowest BCUT2D eigenvalue weighted by Crippen LogP contribution is -2.18. The fraction of sp³-hybridized carbons (Fsp3) is 0.0769. The number of amides is 1. The monoisotopic (exact) mass is 472 g/mol. The lowest BCUT2D eigenvalue weighted by atomic mass is 10.1. The van der Waals surface area contributed by atoms with Gasteiger partial charge in [0, 0.05) is 11.2 Å². The van der Waals surface area contributed by atoms with Gasteiger partial charge in [-0.2, -0.15) is 10.2 Å². The van der Waals surface area contributed by atoms with Gasteiger partial charge in [0.25, 0.3) is 5.91 Å². The number of halogens is 1. The Morgan fingerprint density at radius 2 is 1.71 bits per heavy atom. The molecular weight excluding hydrogens is 452 g/mol. The molecule has 0 saturated heterocycles. The van der Waals surface area contributed by atoms with Gasteiger partial charge in [-0.15, -0.1) is 0 Å². The van der Waals surface area contributed by atoms with E-state index in [1.54, 1.807) is 53.3 Å². The number of rotatable bonds is 7. The van der Waals surface area contributed by atoms with Crippen molar-refractivity contribution in [2.45, 2.75) is 13.5 Å². The van der Waals surface area contributed by atoms with Crippen LogP contribution in [0.5, 0.6) is 5.75 Å². The zero-order valence-corrected chi connectivity index (χ0v) is 19.1. The quantitative estimate of drug-likeness (QED) is 0.180. The molecule has 4 aromatic rings. The van der Waals surface area contributed by atoms with Crippen molar-refractivity contribution in [1.29, 1.82) is 0 Å². The van der Waals surface area contributed by atoms with E-state index in [1.165, 1.54) is 6.21 Å². The third-order valence-corrected chi connectivity index (χ3v) is 5.14. The number of carbonyl (C=O) groups excluding carboxylic acids is 2. The summed E-state index contributed by atoms with van der Waals surface area (Å²) in [7, 11) is 0. The maximum absolute atomic E-state index is 12.3. The molecule has 3 aromatic carbocycles. The SMILES string of the molecule is Cc1ccc(C(=O)Oc2ccc(C=NNC(=O)c3ccn(Cc4ccc(Cl)cc4)n3)cc2)cc1. The molecule has 0 fully saturated rings. The number of hydrazone groups is 1. The summed E-state index contributed by atoms with van der Waals surface area (Å²) in [6.45, 7) is 2.47. The molecule has 0 aliphatic rings. The lowest BCUT2D eigenvalue weighted by molar-refractivity contribution is 0.0734. The number of carbonyl (C=O) groups is 2. The second-order valence-corrected chi connectivity index (χ2v) is 7.99. The van der Waals surface area contributed by atoms with Crippen molar-refractivity contribution in [3.8, 4) is 5.75 Å². The predicted molar refractivity (Wildman–Crippen MR) is 130 cm³/mol. The van der Waals surface area contributed by atoms with E-state index in [0.717, 1.165) is 16.7 Å². The molecule has 1 heterocycles. The number of aromatic nitrogens is 2. The van der Waals surface area contributed by atoms with Crippen LogP contribution in [-0.4, -0.2) is 27.9 Å². The fourth-order valence-corrected chi connectivity index (χ4v) is 3.17. The van der Waals surface area contributed by atoms with Crippen molar-refractivity contribution >= 4 is 29.7 Å². The molecule has 1 N–H and O–H groups in total. The third kappa shape index (κ3) is 6.17. The average molecular weight is 473 g/mol. The van der Waals surface area contributed by atoms with Crippen molar-refractivity contribution in [1.82, 2.24) is 15.2 Å². The van der Waals surface area contributed by atoms with Crippen molar-refractivity contribution in [3.63, 3.8) is 0 Å². The molecule has 0 aliphatic heterocycles. The minimum Gasteiger partial charge on any atom is -0.423 e. The van der Waals surface area contributed by atoms with Crippen LogP contribution in [-0.2, 0) is 6.54 Å². The van der Waals surface area contributed by atoms with E-state index in [9.17, 15) is 9.59 Å². The van der Waals surface area contributed by atoms with Gasteiger partial charge in [0.15, 0.2) is 5.69 Å². The standard InChI is InChI=1S/C26H21ClN4O3/c1-18-2-8-21(9-3-18)26(33)34-23-12-6-19(7-13-23)16-28-29-25(32)24-14-15-31(30-24)17-20-4-10-22(27)11-5-20/h2-16H,17H2,1H3,(H,29,32). The van der Waals surface area contributed by atoms with Crippen LogP contribution in [0.1, 0.15) is 37.5 Å². The number of nitrogens with zero attached hydrogens (tertiary/aromatic N) is 3. The van der Waals surface area contributed by atoms with Crippen LogP contribution in [0.2, 0.25) is 5.02 Å². The Labute approximate surface area is 201 Å². The molecule has 0 unspecified atom stereocenters. The maximum Gasteiger partial charge on any atom is 0.343 e. The Kier molecular flexibility index (Phi) is 7.15. The number of esters is 1. The smallest absolute Gasteiger partial charge is 0.343 e. The van der Waals surface area contributed by atoms with Crippen LogP contribution in [0.3, 0.4) is 0 Å². The largest absolute Gasteiger partial charge is 0.423 e. The summed E-state index contributed by atoms with van der Waals surface area (Å²) in [6, 6.07) is 23.0. The number of hydrogen-bond acceptors (Lipinski definition) is 5. The lowest BCUT2D eigenvalue weighted by Gasteiger charge is -2.05. The summed E-state index contributed by atoms with van der Waals surface area (Å²) in [5.41, 5.74) is 6.00. The Hall–Kier alpha value is -4.23. The van der Waals surface area contributed by atoms with Gasteiger partial charge in [0.05, 0.1) is 18.3 Å². The van der Waals surface area contributed by atoms with Crippen molar-refractivity contribution in [2.75, 3.05) is 0 Å². The highest BCUT2D eigenvalue weighted by Crippen LogP contribution is 2.14. The van der Waals surface area contributed by atoms with Crippen LogP contribution >= 0.6 is 11.6 Å². The van der Waals surface area contributed by atoms with E-state index in [1.807, 2.05) is 43.3 Å². The maximum atomic E-state index is 12.3. The summed E-state index contributed by atoms with van der Waals surface area (Å²) in [5.74, 6) is -0.433. The summed E-state index contributed by atoms with van der Waals surface area (Å²) < 4.78 is 7.04. The van der Waals surface area contributed by atoms with Crippen molar-refractivity contribution < 1.29 is 14.3 Å². The Morgan fingerprint density at radius 1 is 1.00 bits per heavy atom. The number of benzene rings is 3. The molecule has 0 bridgehead atoms. The predicted octanol–water partition coefficient (Wildman–Crippen LogP) is 4.88. The first kappa shape index (κ1) is 22.9. The number of nitrogens with one attached hydrogen (secondary N) is 1. The summed E-state index contributed by atoms with van der Waals surface area (Å²) in [5, 5.41) is 8.91. The highest BCUT2D eigenvalue weighted by molar-refractivity contribution is 6.30. The molecule has 7 nitrogen and oxygen atoms in total. The zero-order valence-electron chi connectivity index (χ0n) is 18.3. The molecule has 0 spiro atoms. The average Bonchev–Trinajstić information content (AvgIpc) is 3.31. The van der Waals surface area contributed by atoms with Gasteiger partial charge in [0.2, 0.25) is 0 Å². The van der Waals surface area contributed by atoms with Crippen LogP contribution in [0, 0.1) is 6.92 Å². The Morgan fingerprint density at radius 3 is 2.41 bits per heavy atom. The van der Waals surface area contributed by atoms with E-state index < -0.39 is 11.9 Å². The Bertz CT molecular complexity index is 1310. The minimum atomic E-state index is -0.427. The first-order chi connectivity index (χ1) is 16.5. The Balaban J connectivity index is 1.29. The van der Waals surface area contributed by atoms with Crippen LogP contribution in [0.25, 0.3) is 0 Å². The topological polar surface area (TPSA) is 85.6 Å². The molecule has 0 atom stereocenters. The van der Waals surface area contributed by atoms with E-state index in [4.69, 9.17) is 16.3 Å². The van der Waals surface area contributed by atoms with Gasteiger partial charge >= 0.3 is 5.97 Å². The molecule has 34 heavy (non-hydrogen) atoms. The molecule has 0 aliphatic carbocycles. The van der Waals surface area contributed by atoms with E-state index >= 15 is 0 Å². The molecular formula is C26H21ClN4O3. The van der Waals surface area contributed by atoms with Gasteiger partial charge in [0.1, 0.15) is 5.75 Å². The van der Waals surface area contributed by atoms with Gasteiger partial charge in [-0.3, -0.25) is 9.48 Å². The normalized spacial score (nSPS) is 10.9. The minimum absolute atomic E-state index is 0.254. The molecule has 1 aromatic heterocycles. The number of aryl methyl sites for hydroxylation is 1. The molecule has 0 radical (unpaired) electrons. The van der Waals surface area contributed by atoms with E-state index in [-0.39, 0.29) is 5.69 Å². The first-order valence-electron chi connectivity index (χ1n) is 10.5. The van der Waals surface area contributed by atoms with Crippen LogP contribution in [0.15, 0.2) is 90.2 Å². The van der Waals surface area contributed by atoms with Gasteiger partial charge in [-0.25, -0.2) is 10.2 Å².